The predicted molar refractivity (Wildman–Crippen MR) is 77.0 cm³/mol. The highest BCUT2D eigenvalue weighted by Crippen LogP contribution is 2.25. The van der Waals surface area contributed by atoms with Gasteiger partial charge in [0.25, 0.3) is 5.91 Å². The van der Waals surface area contributed by atoms with Crippen LogP contribution in [0.3, 0.4) is 0 Å². The Kier molecular flexibility index (Phi) is 3.60. The van der Waals surface area contributed by atoms with Gasteiger partial charge in [0.05, 0.1) is 11.7 Å². The number of carboxylic acids is 1. The molecule has 6 nitrogen and oxygen atoms in total. The first kappa shape index (κ1) is 13.6. The summed E-state index contributed by atoms with van der Waals surface area (Å²) in [6.45, 7) is -0.243. The smallest absolute Gasteiger partial charge is 0.323 e. The maximum absolute atomic E-state index is 12.7. The lowest BCUT2D eigenvalue weighted by Crippen LogP contribution is -2.42. The molecule has 0 saturated heterocycles. The van der Waals surface area contributed by atoms with Crippen molar-refractivity contribution in [2.75, 3.05) is 6.54 Å². The second-order valence-electron chi connectivity index (χ2n) is 5.44. The first-order valence-electron chi connectivity index (χ1n) is 7.11. The van der Waals surface area contributed by atoms with Crippen LogP contribution in [-0.2, 0) is 4.79 Å². The van der Waals surface area contributed by atoms with Crippen LogP contribution in [0.2, 0.25) is 0 Å². The first-order valence-corrected chi connectivity index (χ1v) is 7.11. The fraction of sp³-hybridized carbons (Fsp3) is 0.400. The number of rotatable bonds is 4. The van der Waals surface area contributed by atoms with Gasteiger partial charge < -0.3 is 10.0 Å². The largest absolute Gasteiger partial charge is 0.480 e. The van der Waals surface area contributed by atoms with Gasteiger partial charge in [-0.1, -0.05) is 12.8 Å². The number of carbonyl (C=O) groups is 2. The topological polar surface area (TPSA) is 86.3 Å². The molecule has 1 aliphatic rings. The number of benzene rings is 1. The Hall–Kier alpha value is -2.37. The molecular weight excluding hydrogens is 270 g/mol. The van der Waals surface area contributed by atoms with Crippen molar-refractivity contribution in [2.24, 2.45) is 0 Å². The van der Waals surface area contributed by atoms with E-state index in [0.29, 0.717) is 5.56 Å². The van der Waals surface area contributed by atoms with Gasteiger partial charge in [-0.05, 0) is 31.0 Å². The summed E-state index contributed by atoms with van der Waals surface area (Å²) in [7, 11) is 0. The number of carbonyl (C=O) groups excluding carboxylic acids is 1. The summed E-state index contributed by atoms with van der Waals surface area (Å²) in [4.78, 5) is 25.2. The van der Waals surface area contributed by atoms with E-state index in [1.54, 1.807) is 24.4 Å². The molecule has 21 heavy (non-hydrogen) atoms. The summed E-state index contributed by atoms with van der Waals surface area (Å²) in [5, 5.41) is 16.7. The Morgan fingerprint density at radius 2 is 2.10 bits per heavy atom. The van der Waals surface area contributed by atoms with Crippen molar-refractivity contribution < 1.29 is 14.7 Å². The van der Waals surface area contributed by atoms with Crippen LogP contribution in [0.15, 0.2) is 24.4 Å². The zero-order valence-electron chi connectivity index (χ0n) is 11.6. The molecule has 0 bridgehead atoms. The molecule has 2 N–H and O–H groups in total. The first-order chi connectivity index (χ1) is 10.1. The van der Waals surface area contributed by atoms with Gasteiger partial charge in [0.1, 0.15) is 6.54 Å². The van der Waals surface area contributed by atoms with Crippen molar-refractivity contribution >= 4 is 22.8 Å². The Morgan fingerprint density at radius 3 is 2.81 bits per heavy atom. The van der Waals surface area contributed by atoms with Gasteiger partial charge in [-0.25, -0.2) is 0 Å². The van der Waals surface area contributed by atoms with Crippen LogP contribution < -0.4 is 0 Å². The molecule has 1 fully saturated rings. The zero-order valence-corrected chi connectivity index (χ0v) is 11.6. The Balaban J connectivity index is 1.89. The molecule has 1 aromatic carbocycles. The van der Waals surface area contributed by atoms with E-state index in [1.807, 2.05) is 0 Å². The number of hydrogen-bond acceptors (Lipinski definition) is 3. The van der Waals surface area contributed by atoms with E-state index in [-0.39, 0.29) is 18.5 Å². The number of carboxylic acid groups (broad SMARTS) is 1. The van der Waals surface area contributed by atoms with Gasteiger partial charge in [0.2, 0.25) is 0 Å². The van der Waals surface area contributed by atoms with Crippen LogP contribution >= 0.6 is 0 Å². The lowest BCUT2D eigenvalue weighted by molar-refractivity contribution is -0.138. The molecule has 0 atom stereocenters. The summed E-state index contributed by atoms with van der Waals surface area (Å²) in [6, 6.07) is 5.30. The second-order valence-corrected chi connectivity index (χ2v) is 5.44. The highest BCUT2D eigenvalue weighted by molar-refractivity contribution is 5.99. The molecule has 110 valence electrons. The van der Waals surface area contributed by atoms with Crippen molar-refractivity contribution in [1.82, 2.24) is 15.1 Å². The molecule has 0 spiro atoms. The average molecular weight is 287 g/mol. The highest BCUT2D eigenvalue weighted by Gasteiger charge is 2.29. The fourth-order valence-electron chi connectivity index (χ4n) is 2.97. The van der Waals surface area contributed by atoms with Gasteiger partial charge in [-0.2, -0.15) is 5.10 Å². The fourth-order valence-corrected chi connectivity index (χ4v) is 2.97. The summed E-state index contributed by atoms with van der Waals surface area (Å²) >= 11 is 0. The van der Waals surface area contributed by atoms with Crippen molar-refractivity contribution in [1.29, 1.82) is 0 Å². The second kappa shape index (κ2) is 5.55. The standard InChI is InChI=1S/C15H17N3O3/c19-14(20)9-18(12-3-1-2-4-12)15(21)10-5-6-13-11(7-10)8-16-17-13/h5-8,12H,1-4,9H2,(H,16,17)(H,19,20). The van der Waals surface area contributed by atoms with E-state index in [4.69, 9.17) is 5.11 Å². The number of amides is 1. The van der Waals surface area contributed by atoms with E-state index >= 15 is 0 Å². The van der Waals surface area contributed by atoms with E-state index in [9.17, 15) is 9.59 Å². The van der Waals surface area contributed by atoms with Crippen LogP contribution in [0.1, 0.15) is 36.0 Å². The van der Waals surface area contributed by atoms with Gasteiger partial charge >= 0.3 is 5.97 Å². The van der Waals surface area contributed by atoms with E-state index in [1.165, 1.54) is 4.90 Å². The molecule has 1 aromatic heterocycles. The third-order valence-corrected chi connectivity index (χ3v) is 4.02. The predicted octanol–water partition coefficient (Wildman–Crippen LogP) is 2.03. The average Bonchev–Trinajstić information content (AvgIpc) is 3.13. The normalized spacial score (nSPS) is 15.4. The molecule has 0 unspecified atom stereocenters. The molecule has 0 radical (unpaired) electrons. The summed E-state index contributed by atoms with van der Waals surface area (Å²) in [5.41, 5.74) is 1.37. The SMILES string of the molecule is O=C(O)CN(C(=O)c1ccc2[nH]ncc2c1)C1CCCC1. The van der Waals surface area contributed by atoms with E-state index < -0.39 is 5.97 Å². The number of aromatic nitrogens is 2. The number of hydrogen-bond donors (Lipinski definition) is 2. The molecule has 1 heterocycles. The Labute approximate surface area is 121 Å². The minimum atomic E-state index is -0.973. The molecule has 2 aromatic rings. The van der Waals surface area contributed by atoms with Crippen molar-refractivity contribution in [3.05, 3.63) is 30.0 Å². The van der Waals surface area contributed by atoms with Crippen LogP contribution in [0.5, 0.6) is 0 Å². The molecule has 1 aliphatic carbocycles. The number of H-pyrrole nitrogens is 1. The number of aromatic amines is 1. The summed E-state index contributed by atoms with van der Waals surface area (Å²) in [6.07, 6.45) is 5.52. The van der Waals surface area contributed by atoms with Gasteiger partial charge in [0, 0.05) is 17.0 Å². The van der Waals surface area contributed by atoms with Crippen LogP contribution in [0.25, 0.3) is 10.9 Å². The number of fused-ring (bicyclic) bond motifs is 1. The molecule has 1 amide bonds. The Bertz CT molecular complexity index is 674. The molecule has 6 heteroatoms. The number of nitrogens with zero attached hydrogens (tertiary/aromatic N) is 2. The zero-order chi connectivity index (χ0) is 14.8. The molecule has 1 saturated carbocycles. The quantitative estimate of drug-likeness (QED) is 0.901. The van der Waals surface area contributed by atoms with E-state index in [0.717, 1.165) is 36.6 Å². The minimum Gasteiger partial charge on any atom is -0.480 e. The monoisotopic (exact) mass is 287 g/mol. The maximum Gasteiger partial charge on any atom is 0.323 e. The summed E-state index contributed by atoms with van der Waals surface area (Å²) in [5.74, 6) is -1.19. The van der Waals surface area contributed by atoms with Crippen LogP contribution in [-0.4, -0.2) is 44.7 Å². The minimum absolute atomic E-state index is 0.0358. The van der Waals surface area contributed by atoms with Gasteiger partial charge in [-0.3, -0.25) is 14.7 Å². The lowest BCUT2D eigenvalue weighted by Gasteiger charge is -2.27. The third kappa shape index (κ3) is 2.74. The van der Waals surface area contributed by atoms with Crippen molar-refractivity contribution in [2.45, 2.75) is 31.7 Å². The maximum atomic E-state index is 12.7. The Morgan fingerprint density at radius 1 is 1.33 bits per heavy atom. The molecule has 0 aliphatic heterocycles. The number of aliphatic carboxylic acids is 1. The molecule has 3 rings (SSSR count). The van der Waals surface area contributed by atoms with Crippen molar-refractivity contribution in [3.63, 3.8) is 0 Å². The number of nitrogens with one attached hydrogen (secondary N) is 1. The van der Waals surface area contributed by atoms with Crippen LogP contribution in [0.4, 0.5) is 0 Å². The van der Waals surface area contributed by atoms with Crippen molar-refractivity contribution in [3.8, 4) is 0 Å². The molecular formula is C15H17N3O3. The van der Waals surface area contributed by atoms with Gasteiger partial charge in [0.15, 0.2) is 0 Å². The highest BCUT2D eigenvalue weighted by atomic mass is 16.4. The summed E-state index contributed by atoms with van der Waals surface area (Å²) < 4.78 is 0. The van der Waals surface area contributed by atoms with Gasteiger partial charge in [-0.15, -0.1) is 0 Å². The van der Waals surface area contributed by atoms with Crippen LogP contribution in [0, 0.1) is 0 Å². The van der Waals surface area contributed by atoms with E-state index in [2.05, 4.69) is 10.2 Å². The third-order valence-electron chi connectivity index (χ3n) is 4.02. The lowest BCUT2D eigenvalue weighted by atomic mass is 10.1.